The van der Waals surface area contributed by atoms with E-state index in [1.54, 1.807) is 0 Å². The van der Waals surface area contributed by atoms with Crippen LogP contribution in [0.4, 0.5) is 0 Å². The van der Waals surface area contributed by atoms with Crippen molar-refractivity contribution in [2.45, 2.75) is 31.8 Å². The molecule has 0 heterocycles. The van der Waals surface area contributed by atoms with Gasteiger partial charge in [-0.05, 0) is 24.0 Å². The Bertz CT molecular complexity index is 471. The van der Waals surface area contributed by atoms with Crippen LogP contribution in [-0.4, -0.2) is 5.11 Å². The third-order valence-electron chi connectivity index (χ3n) is 3.73. The molecule has 17 heavy (non-hydrogen) atoms. The van der Waals surface area contributed by atoms with Gasteiger partial charge in [-0.2, -0.15) is 0 Å². The lowest BCUT2D eigenvalue weighted by molar-refractivity contribution is 0.0134. The van der Waals surface area contributed by atoms with Gasteiger partial charge in [-0.25, -0.2) is 0 Å². The zero-order valence-corrected chi connectivity index (χ0v) is 9.82. The molecule has 0 bridgehead atoms. The fourth-order valence-corrected chi connectivity index (χ4v) is 2.72. The molecule has 1 aromatic carbocycles. The summed E-state index contributed by atoms with van der Waals surface area (Å²) >= 11 is 0. The number of aryl methyl sites for hydroxylation is 1. The maximum absolute atomic E-state index is 10.5. The van der Waals surface area contributed by atoms with Crippen molar-refractivity contribution in [3.05, 3.63) is 35.4 Å². The van der Waals surface area contributed by atoms with Crippen molar-refractivity contribution in [2.75, 3.05) is 0 Å². The number of terminal acetylenes is 2. The van der Waals surface area contributed by atoms with E-state index in [-0.39, 0.29) is 5.41 Å². The Kier molecular flexibility index (Phi) is 3.23. The lowest BCUT2D eigenvalue weighted by atomic mass is 9.66. The van der Waals surface area contributed by atoms with Gasteiger partial charge in [0.2, 0.25) is 0 Å². The molecular formula is C16H16O. The molecule has 0 radical (unpaired) electrons. The van der Waals surface area contributed by atoms with Crippen LogP contribution in [0.5, 0.6) is 0 Å². The van der Waals surface area contributed by atoms with Crippen LogP contribution in [0.15, 0.2) is 24.3 Å². The second-order valence-corrected chi connectivity index (χ2v) is 4.73. The molecule has 0 fully saturated rings. The van der Waals surface area contributed by atoms with Gasteiger partial charge in [0.25, 0.3) is 0 Å². The summed E-state index contributed by atoms with van der Waals surface area (Å²) in [6.45, 7) is 0. The molecule has 0 spiro atoms. The van der Waals surface area contributed by atoms with Gasteiger partial charge >= 0.3 is 0 Å². The van der Waals surface area contributed by atoms with E-state index in [0.717, 1.165) is 18.4 Å². The summed E-state index contributed by atoms with van der Waals surface area (Å²) < 4.78 is 0. The summed E-state index contributed by atoms with van der Waals surface area (Å²) in [4.78, 5) is 0. The fraction of sp³-hybridized carbons (Fsp3) is 0.375. The van der Waals surface area contributed by atoms with Gasteiger partial charge in [-0.1, -0.05) is 24.3 Å². The first-order chi connectivity index (χ1) is 8.23. The quantitative estimate of drug-likeness (QED) is 0.766. The van der Waals surface area contributed by atoms with Gasteiger partial charge < -0.3 is 5.11 Å². The van der Waals surface area contributed by atoms with Crippen LogP contribution in [0.1, 0.15) is 36.5 Å². The van der Waals surface area contributed by atoms with E-state index in [4.69, 9.17) is 12.8 Å². The Labute approximate surface area is 103 Å². The van der Waals surface area contributed by atoms with E-state index >= 15 is 0 Å². The maximum Gasteiger partial charge on any atom is 0.0867 e. The molecule has 86 valence electrons. The minimum absolute atomic E-state index is 0.335. The van der Waals surface area contributed by atoms with Crippen LogP contribution in [0.2, 0.25) is 0 Å². The number of aliphatic hydroxyl groups excluding tert-OH is 1. The minimum Gasteiger partial charge on any atom is -0.388 e. The van der Waals surface area contributed by atoms with Crippen LogP contribution < -0.4 is 0 Å². The van der Waals surface area contributed by atoms with Crippen LogP contribution in [0, 0.1) is 30.1 Å². The number of aliphatic hydroxyl groups is 1. The van der Waals surface area contributed by atoms with E-state index in [2.05, 4.69) is 17.9 Å². The fourth-order valence-electron chi connectivity index (χ4n) is 2.72. The highest BCUT2D eigenvalue weighted by atomic mass is 16.3. The highest BCUT2D eigenvalue weighted by Gasteiger charge is 2.41. The third kappa shape index (κ3) is 1.95. The maximum atomic E-state index is 10.5. The second-order valence-electron chi connectivity index (χ2n) is 4.73. The molecule has 0 saturated carbocycles. The van der Waals surface area contributed by atoms with Crippen molar-refractivity contribution >= 4 is 0 Å². The van der Waals surface area contributed by atoms with E-state index in [9.17, 15) is 5.11 Å². The van der Waals surface area contributed by atoms with Gasteiger partial charge in [-0.15, -0.1) is 24.7 Å². The lowest BCUT2D eigenvalue weighted by Gasteiger charge is -2.40. The largest absolute Gasteiger partial charge is 0.388 e. The molecule has 1 nitrogen and oxygen atoms in total. The molecular weight excluding hydrogens is 208 g/mol. The predicted molar refractivity (Wildman–Crippen MR) is 69.1 cm³/mol. The zero-order chi connectivity index (χ0) is 12.3. The molecule has 1 atom stereocenters. The number of hydrogen-bond donors (Lipinski definition) is 1. The highest BCUT2D eigenvalue weighted by molar-refractivity contribution is 5.34. The highest BCUT2D eigenvalue weighted by Crippen LogP contribution is 2.48. The van der Waals surface area contributed by atoms with Gasteiger partial charge in [0.15, 0.2) is 0 Å². The minimum atomic E-state index is -0.542. The Morgan fingerprint density at radius 2 is 1.88 bits per heavy atom. The van der Waals surface area contributed by atoms with E-state index in [1.165, 1.54) is 5.56 Å². The summed E-state index contributed by atoms with van der Waals surface area (Å²) in [7, 11) is 0. The molecule has 1 N–H and O–H groups in total. The summed E-state index contributed by atoms with van der Waals surface area (Å²) in [5.41, 5.74) is 1.87. The van der Waals surface area contributed by atoms with Crippen molar-refractivity contribution < 1.29 is 5.11 Å². The number of benzene rings is 1. The van der Waals surface area contributed by atoms with E-state index < -0.39 is 6.10 Å². The Morgan fingerprint density at radius 3 is 2.53 bits per heavy atom. The molecule has 1 aromatic rings. The zero-order valence-electron chi connectivity index (χ0n) is 9.82. The van der Waals surface area contributed by atoms with Gasteiger partial charge in [0.1, 0.15) is 0 Å². The van der Waals surface area contributed by atoms with Crippen molar-refractivity contribution in [1.82, 2.24) is 0 Å². The first kappa shape index (κ1) is 11.8. The summed E-state index contributed by atoms with van der Waals surface area (Å²) in [6.07, 6.45) is 13.2. The molecule has 1 unspecified atom stereocenters. The van der Waals surface area contributed by atoms with Crippen LogP contribution in [0.25, 0.3) is 0 Å². The Balaban J connectivity index is 2.41. The monoisotopic (exact) mass is 224 g/mol. The van der Waals surface area contributed by atoms with Gasteiger partial charge in [0.05, 0.1) is 6.10 Å². The topological polar surface area (TPSA) is 20.2 Å². The molecule has 1 aliphatic carbocycles. The average Bonchev–Trinajstić information content (AvgIpc) is 2.35. The first-order valence-electron chi connectivity index (χ1n) is 5.86. The second kappa shape index (κ2) is 4.66. The molecule has 0 aromatic heterocycles. The molecule has 1 aliphatic rings. The summed E-state index contributed by atoms with van der Waals surface area (Å²) in [5.74, 6) is 5.34. The SMILES string of the molecule is C#CCC1(CC#C)CCc2ccccc2C1O. The van der Waals surface area contributed by atoms with Crippen molar-refractivity contribution in [2.24, 2.45) is 5.41 Å². The van der Waals surface area contributed by atoms with Gasteiger partial charge in [-0.3, -0.25) is 0 Å². The van der Waals surface area contributed by atoms with Crippen molar-refractivity contribution in [3.8, 4) is 24.7 Å². The lowest BCUT2D eigenvalue weighted by Crippen LogP contribution is -2.33. The number of fused-ring (bicyclic) bond motifs is 1. The molecule has 0 amide bonds. The smallest absolute Gasteiger partial charge is 0.0867 e. The Hall–Kier alpha value is -1.70. The van der Waals surface area contributed by atoms with Crippen LogP contribution >= 0.6 is 0 Å². The average molecular weight is 224 g/mol. The predicted octanol–water partition coefficient (Wildman–Crippen LogP) is 2.70. The van der Waals surface area contributed by atoms with E-state index in [1.807, 2.05) is 18.2 Å². The molecule has 0 aliphatic heterocycles. The third-order valence-corrected chi connectivity index (χ3v) is 3.73. The Morgan fingerprint density at radius 1 is 1.24 bits per heavy atom. The first-order valence-corrected chi connectivity index (χ1v) is 5.86. The van der Waals surface area contributed by atoms with Crippen molar-refractivity contribution in [3.63, 3.8) is 0 Å². The standard InChI is InChI=1S/C16H16O/c1-3-10-16(11-4-2)12-9-13-7-5-6-8-14(13)15(16)17/h1-2,5-8,15,17H,9-12H2. The van der Waals surface area contributed by atoms with Crippen LogP contribution in [-0.2, 0) is 6.42 Å². The van der Waals surface area contributed by atoms with Gasteiger partial charge in [0, 0.05) is 18.3 Å². The summed E-state index contributed by atoms with van der Waals surface area (Å²) in [5, 5.41) is 10.5. The molecule has 2 rings (SSSR count). The summed E-state index contributed by atoms with van der Waals surface area (Å²) in [6, 6.07) is 7.99. The number of hydrogen-bond acceptors (Lipinski definition) is 1. The van der Waals surface area contributed by atoms with Crippen molar-refractivity contribution in [1.29, 1.82) is 0 Å². The normalized spacial score (nSPS) is 21.0. The molecule has 1 heteroatoms. The van der Waals surface area contributed by atoms with Crippen LogP contribution in [0.3, 0.4) is 0 Å². The van der Waals surface area contributed by atoms with E-state index in [0.29, 0.717) is 12.8 Å². The number of rotatable bonds is 2. The molecule has 0 saturated heterocycles.